The fourth-order valence-electron chi connectivity index (χ4n) is 7.43. The molecule has 0 aromatic heterocycles. The number of halogens is 3. The van der Waals surface area contributed by atoms with Crippen LogP contribution in [0.2, 0.25) is 0 Å². The molecular formula is C33H36F3N2O13+. The molecule has 51 heavy (non-hydrogen) atoms. The van der Waals surface area contributed by atoms with Gasteiger partial charge in [0.25, 0.3) is 0 Å². The number of quaternary nitrogens is 1. The number of benzene rings is 2. The quantitative estimate of drug-likeness (QED) is 0.158. The van der Waals surface area contributed by atoms with E-state index in [1.54, 1.807) is 5.32 Å². The minimum atomic E-state index is -5.35. The molecule has 6 N–H and O–H groups in total. The number of phenols is 2. The average molecular weight is 726 g/mol. The summed E-state index contributed by atoms with van der Waals surface area (Å²) in [5, 5.41) is 59.0. The lowest BCUT2D eigenvalue weighted by Crippen LogP contribution is -2.68. The van der Waals surface area contributed by atoms with Gasteiger partial charge < -0.3 is 44.7 Å². The molecule has 2 aliphatic heterocycles. The summed E-state index contributed by atoms with van der Waals surface area (Å²) >= 11 is 0. The standard InChI is InChI=1S/C33H35F3N2O13/c1-13-26(40)18(38(47)7-8-49-21(12-38)48-3)9-20(50-13)51-19-11-32(46,14(2)39)10-16-23(19)30(44)25-24(28(16)42)27(41)15-5-4-6-17(22(15)29(25)43)37-31(45)33(34,35)36/h4-6,13,18-21,26,40,46-47H,7-12H2,1-3H3,(H2-,37,41,42,43,44,45)/p+1. The molecule has 18 heteroatoms. The van der Waals surface area contributed by atoms with Crippen LogP contribution in [0, 0.1) is 0 Å². The molecular weight excluding hydrogens is 689 g/mol. The fraction of sp³-hybridized carbons (Fsp3) is 0.515. The van der Waals surface area contributed by atoms with Crippen LogP contribution < -0.4 is 5.32 Å². The Bertz CT molecular complexity index is 1820. The molecule has 0 bridgehead atoms. The van der Waals surface area contributed by atoms with E-state index in [2.05, 4.69) is 0 Å². The first-order valence-corrected chi connectivity index (χ1v) is 16.0. The van der Waals surface area contributed by atoms with Gasteiger partial charge in [0, 0.05) is 36.6 Å². The molecule has 8 unspecified atom stereocenters. The number of aliphatic hydroxyl groups excluding tert-OH is 1. The highest BCUT2D eigenvalue weighted by Gasteiger charge is 2.54. The second-order valence-electron chi connectivity index (χ2n) is 13.3. The average Bonchev–Trinajstić information content (AvgIpc) is 3.05. The third kappa shape index (κ3) is 6.18. The number of fused-ring (bicyclic) bond motifs is 3. The van der Waals surface area contributed by atoms with E-state index < -0.39 is 129 Å². The SMILES string of the molecule is COC1C[N+](O)(C2CC(OC3CC(O)(C(C)=O)Cc4c(O)c5c(c(O)c43)C(=O)c3c(NC(=O)C(F)(F)F)cccc3C5=O)OC(C)C2O)CCO1. The Kier molecular flexibility index (Phi) is 9.29. The van der Waals surface area contributed by atoms with Gasteiger partial charge in [-0.3, -0.25) is 19.2 Å². The predicted molar refractivity (Wildman–Crippen MR) is 163 cm³/mol. The number of amides is 1. The van der Waals surface area contributed by atoms with Crippen LogP contribution in [0.25, 0.3) is 0 Å². The smallest absolute Gasteiger partial charge is 0.471 e. The van der Waals surface area contributed by atoms with Gasteiger partial charge in [0.15, 0.2) is 36.2 Å². The molecule has 1 amide bonds. The molecule has 2 saturated heterocycles. The van der Waals surface area contributed by atoms with Gasteiger partial charge in [0.1, 0.15) is 36.4 Å². The molecule has 2 aliphatic carbocycles. The molecule has 6 rings (SSSR count). The van der Waals surface area contributed by atoms with E-state index >= 15 is 0 Å². The molecule has 0 spiro atoms. The van der Waals surface area contributed by atoms with Crippen molar-refractivity contribution in [3.05, 3.63) is 51.6 Å². The molecule has 2 aromatic carbocycles. The Balaban J connectivity index is 1.43. The minimum absolute atomic E-state index is 0.0577. The van der Waals surface area contributed by atoms with Crippen molar-refractivity contribution in [3.8, 4) is 11.5 Å². The summed E-state index contributed by atoms with van der Waals surface area (Å²) in [6, 6.07) is 2.22. The minimum Gasteiger partial charge on any atom is -0.507 e. The highest BCUT2D eigenvalue weighted by atomic mass is 19.4. The Morgan fingerprint density at radius 1 is 1.08 bits per heavy atom. The van der Waals surface area contributed by atoms with E-state index in [0.717, 1.165) is 25.1 Å². The number of hydrogen-bond acceptors (Lipinski definition) is 13. The van der Waals surface area contributed by atoms with Crippen LogP contribution in [0.4, 0.5) is 18.9 Å². The van der Waals surface area contributed by atoms with Crippen LogP contribution in [-0.2, 0) is 35.0 Å². The summed E-state index contributed by atoms with van der Waals surface area (Å²) in [6.45, 7) is 2.70. The number of alkyl halides is 3. The first-order chi connectivity index (χ1) is 23.8. The number of ketones is 3. The number of Topliss-reactive ketones (excluding diaryl/α,β-unsaturated/α-hetero) is 1. The van der Waals surface area contributed by atoms with Crippen molar-refractivity contribution >= 4 is 28.9 Å². The van der Waals surface area contributed by atoms with Crippen molar-refractivity contribution in [1.82, 2.24) is 0 Å². The molecule has 2 fully saturated rings. The molecule has 15 nitrogen and oxygen atoms in total. The maximum absolute atomic E-state index is 14.0. The molecule has 0 saturated carbocycles. The second kappa shape index (κ2) is 12.9. The van der Waals surface area contributed by atoms with Crippen molar-refractivity contribution < 1.29 is 81.6 Å². The van der Waals surface area contributed by atoms with Gasteiger partial charge in [0.2, 0.25) is 6.29 Å². The summed E-state index contributed by atoms with van der Waals surface area (Å²) in [7, 11) is 1.39. The Labute approximate surface area is 287 Å². The number of nitrogens with zero attached hydrogens (tertiary/aromatic N) is 1. The predicted octanol–water partition coefficient (Wildman–Crippen LogP) is 1.77. The van der Waals surface area contributed by atoms with Crippen molar-refractivity contribution in [2.75, 3.05) is 32.1 Å². The van der Waals surface area contributed by atoms with Crippen LogP contribution in [-0.4, -0.2) is 123 Å². The number of carbonyl (C=O) groups is 4. The third-order valence-electron chi connectivity index (χ3n) is 10.2. The van der Waals surface area contributed by atoms with Gasteiger partial charge in [0.05, 0.1) is 41.0 Å². The monoisotopic (exact) mass is 725 g/mol. The van der Waals surface area contributed by atoms with Gasteiger partial charge in [-0.25, -0.2) is 5.21 Å². The Hall–Kier alpha value is -4.01. The zero-order chi connectivity index (χ0) is 37.4. The molecule has 2 aromatic rings. The molecule has 276 valence electrons. The van der Waals surface area contributed by atoms with Crippen molar-refractivity contribution in [1.29, 1.82) is 0 Å². The number of phenolic OH excluding ortho intramolecular Hbond substituents is 2. The van der Waals surface area contributed by atoms with Crippen molar-refractivity contribution in [2.45, 2.75) is 81.8 Å². The number of ether oxygens (including phenoxy) is 4. The highest BCUT2D eigenvalue weighted by Crippen LogP contribution is 2.52. The lowest BCUT2D eigenvalue weighted by molar-refractivity contribution is -1.13. The number of aromatic hydroxyl groups is 2. The number of aliphatic hydroxyl groups is 2. The maximum atomic E-state index is 14.0. The number of nitrogens with one attached hydrogen (secondary N) is 1. The van der Waals surface area contributed by atoms with Crippen LogP contribution in [0.3, 0.4) is 0 Å². The van der Waals surface area contributed by atoms with E-state index in [1.807, 2.05) is 0 Å². The van der Waals surface area contributed by atoms with Crippen LogP contribution in [0.1, 0.15) is 75.8 Å². The molecule has 4 aliphatic rings. The normalized spacial score (nSPS) is 32.1. The number of anilines is 1. The van der Waals surface area contributed by atoms with Crippen LogP contribution in [0.5, 0.6) is 11.5 Å². The molecule has 2 heterocycles. The summed E-state index contributed by atoms with van der Waals surface area (Å²) < 4.78 is 61.5. The van der Waals surface area contributed by atoms with Gasteiger partial charge >= 0.3 is 12.1 Å². The largest absolute Gasteiger partial charge is 0.507 e. The first kappa shape index (κ1) is 36.8. The summed E-state index contributed by atoms with van der Waals surface area (Å²) in [4.78, 5) is 52.3. The topological polar surface area (TPSA) is 218 Å². The highest BCUT2D eigenvalue weighted by molar-refractivity contribution is 6.32. The molecule has 8 atom stereocenters. The fourth-order valence-corrected chi connectivity index (χ4v) is 7.43. The summed E-state index contributed by atoms with van der Waals surface area (Å²) in [6.07, 6.45) is -12.5. The second-order valence-corrected chi connectivity index (χ2v) is 13.3. The first-order valence-electron chi connectivity index (χ1n) is 16.0. The van der Waals surface area contributed by atoms with Gasteiger partial charge in [-0.2, -0.15) is 17.8 Å². The van der Waals surface area contributed by atoms with Gasteiger partial charge in [-0.05, 0) is 19.9 Å². The number of carbonyl (C=O) groups excluding carboxylic acids is 4. The number of morpholine rings is 1. The number of rotatable bonds is 6. The van der Waals surface area contributed by atoms with Gasteiger partial charge in [-0.15, -0.1) is 0 Å². The van der Waals surface area contributed by atoms with Crippen LogP contribution in [0.15, 0.2) is 18.2 Å². The van der Waals surface area contributed by atoms with Gasteiger partial charge in [-0.1, -0.05) is 12.1 Å². The molecule has 0 radical (unpaired) electrons. The van der Waals surface area contributed by atoms with E-state index in [1.165, 1.54) is 14.0 Å². The summed E-state index contributed by atoms with van der Waals surface area (Å²) in [5.74, 6) is -7.30. The Morgan fingerprint density at radius 2 is 1.76 bits per heavy atom. The lowest BCUT2D eigenvalue weighted by Gasteiger charge is -2.48. The zero-order valence-corrected chi connectivity index (χ0v) is 27.5. The third-order valence-corrected chi connectivity index (χ3v) is 10.2. The van der Waals surface area contributed by atoms with Crippen molar-refractivity contribution in [3.63, 3.8) is 0 Å². The van der Waals surface area contributed by atoms with E-state index in [0.29, 0.717) is 0 Å². The zero-order valence-electron chi connectivity index (χ0n) is 27.5. The van der Waals surface area contributed by atoms with E-state index in [-0.39, 0.29) is 37.2 Å². The van der Waals surface area contributed by atoms with Crippen LogP contribution >= 0.6 is 0 Å². The number of hydrogen-bond donors (Lipinski definition) is 6. The maximum Gasteiger partial charge on any atom is 0.471 e. The lowest BCUT2D eigenvalue weighted by atomic mass is 9.72. The summed E-state index contributed by atoms with van der Waals surface area (Å²) in [5.41, 5.74) is -6.20. The van der Waals surface area contributed by atoms with Crippen molar-refractivity contribution in [2.24, 2.45) is 0 Å². The van der Waals surface area contributed by atoms with E-state index in [9.17, 15) is 58.0 Å². The Morgan fingerprint density at radius 3 is 2.41 bits per heavy atom. The number of methoxy groups -OCH3 is 1. The van der Waals surface area contributed by atoms with E-state index in [4.69, 9.17) is 18.9 Å². The number of hydroxylamine groups is 3.